The van der Waals surface area contributed by atoms with Crippen molar-refractivity contribution >= 4 is 17.3 Å². The van der Waals surface area contributed by atoms with Gasteiger partial charge in [-0.1, -0.05) is 13.8 Å². The van der Waals surface area contributed by atoms with E-state index >= 15 is 0 Å². The highest BCUT2D eigenvalue weighted by Gasteiger charge is 2.43. The molecule has 1 aliphatic heterocycles. The lowest BCUT2D eigenvalue weighted by Gasteiger charge is -2.39. The molecule has 200 valence electrons. The summed E-state index contributed by atoms with van der Waals surface area (Å²) < 4.78 is 83.9. The Hall–Kier alpha value is -3.25. The first-order valence-electron chi connectivity index (χ1n) is 12.0. The fraction of sp³-hybridized carbons (Fsp3) is 0.542. The van der Waals surface area contributed by atoms with Crippen molar-refractivity contribution in [3.63, 3.8) is 0 Å². The molecule has 5 rings (SSSR count). The molecule has 2 bridgehead atoms. The van der Waals surface area contributed by atoms with Gasteiger partial charge in [-0.25, -0.2) is 0 Å². The van der Waals surface area contributed by atoms with E-state index in [4.69, 9.17) is 4.74 Å². The second-order valence-corrected chi connectivity index (χ2v) is 9.93. The molecule has 37 heavy (non-hydrogen) atoms. The number of pyridine rings is 2. The number of hydrogen-bond acceptors (Lipinski definition) is 6. The van der Waals surface area contributed by atoms with E-state index in [1.165, 1.54) is 16.8 Å². The number of anilines is 2. The number of ether oxygens (including phenoxy) is 1. The van der Waals surface area contributed by atoms with E-state index in [0.29, 0.717) is 24.4 Å². The van der Waals surface area contributed by atoms with E-state index in [1.807, 2.05) is 18.7 Å². The summed E-state index contributed by atoms with van der Waals surface area (Å²) in [5.74, 6) is 0.547. The van der Waals surface area contributed by atoms with Crippen molar-refractivity contribution in [3.05, 3.63) is 41.7 Å². The van der Waals surface area contributed by atoms with Crippen molar-refractivity contribution in [3.8, 4) is 5.88 Å². The van der Waals surface area contributed by atoms with Crippen LogP contribution in [-0.2, 0) is 6.18 Å². The zero-order chi connectivity index (χ0) is 26.5. The van der Waals surface area contributed by atoms with Crippen LogP contribution < -0.4 is 15.0 Å². The lowest BCUT2D eigenvalue weighted by molar-refractivity contribution is -0.154. The van der Waals surface area contributed by atoms with Gasteiger partial charge in [0.15, 0.2) is 12.3 Å². The maximum absolute atomic E-state index is 13.1. The molecule has 0 radical (unpaired) electrons. The SMILES string of the molecule is CC(C)c1ccc(OCC(F)(F)F)n2nc(NC3C4CCC3CN(c3ccnc(C(F)(F)F)c3)C4)nc12. The number of aromatic nitrogens is 4. The van der Waals surface area contributed by atoms with E-state index in [-0.39, 0.29) is 35.6 Å². The Labute approximate surface area is 208 Å². The van der Waals surface area contributed by atoms with Crippen LogP contribution in [0.4, 0.5) is 38.0 Å². The monoisotopic (exact) mass is 528 g/mol. The van der Waals surface area contributed by atoms with E-state index in [2.05, 4.69) is 20.4 Å². The van der Waals surface area contributed by atoms with Crippen LogP contribution in [0.1, 0.15) is 43.9 Å². The quantitative estimate of drug-likeness (QED) is 0.424. The fourth-order valence-corrected chi connectivity index (χ4v) is 5.32. The van der Waals surface area contributed by atoms with Crippen LogP contribution in [0.25, 0.3) is 5.65 Å². The largest absolute Gasteiger partial charge is 0.468 e. The van der Waals surface area contributed by atoms with Crippen molar-refractivity contribution in [2.75, 3.05) is 29.9 Å². The third-order valence-electron chi connectivity index (χ3n) is 7.01. The second-order valence-electron chi connectivity index (χ2n) is 9.93. The number of halogens is 6. The Morgan fingerprint density at radius 3 is 2.38 bits per heavy atom. The first kappa shape index (κ1) is 25.4. The van der Waals surface area contributed by atoms with Gasteiger partial charge in [-0.2, -0.15) is 35.8 Å². The highest BCUT2D eigenvalue weighted by atomic mass is 19.4. The minimum atomic E-state index is -4.51. The summed E-state index contributed by atoms with van der Waals surface area (Å²) >= 11 is 0. The lowest BCUT2D eigenvalue weighted by Crippen LogP contribution is -2.48. The number of alkyl halides is 6. The molecule has 2 atom stereocenters. The Balaban J connectivity index is 1.36. The van der Waals surface area contributed by atoms with Gasteiger partial charge in [0.05, 0.1) is 0 Å². The average molecular weight is 529 g/mol. The summed E-state index contributed by atoms with van der Waals surface area (Å²) in [6, 6.07) is 5.80. The van der Waals surface area contributed by atoms with Crippen molar-refractivity contribution in [2.24, 2.45) is 11.8 Å². The normalized spacial score (nSPS) is 22.2. The lowest BCUT2D eigenvalue weighted by atomic mass is 9.92. The summed E-state index contributed by atoms with van der Waals surface area (Å²) in [7, 11) is 0. The fourth-order valence-electron chi connectivity index (χ4n) is 5.32. The molecule has 2 aliphatic rings. The summed E-state index contributed by atoms with van der Waals surface area (Å²) in [5.41, 5.74) is 0.793. The minimum Gasteiger partial charge on any atom is -0.468 e. The number of piperidine rings is 1. The highest BCUT2D eigenvalue weighted by Crippen LogP contribution is 2.41. The van der Waals surface area contributed by atoms with Gasteiger partial charge in [-0.3, -0.25) is 4.98 Å². The molecular formula is C24H26F6N6O. The molecule has 3 aromatic heterocycles. The molecule has 2 unspecified atom stereocenters. The van der Waals surface area contributed by atoms with Gasteiger partial charge in [0, 0.05) is 37.1 Å². The summed E-state index contributed by atoms with van der Waals surface area (Å²) in [6.07, 6.45) is -6.05. The molecule has 1 saturated heterocycles. The van der Waals surface area contributed by atoms with Crippen molar-refractivity contribution in [1.82, 2.24) is 19.6 Å². The Morgan fingerprint density at radius 1 is 1.05 bits per heavy atom. The first-order chi connectivity index (χ1) is 17.4. The van der Waals surface area contributed by atoms with Crippen LogP contribution in [0.3, 0.4) is 0 Å². The third-order valence-corrected chi connectivity index (χ3v) is 7.01. The maximum Gasteiger partial charge on any atom is 0.433 e. The summed E-state index contributed by atoms with van der Waals surface area (Å²) in [6.45, 7) is 3.57. The zero-order valence-electron chi connectivity index (χ0n) is 20.1. The number of nitrogens with one attached hydrogen (secondary N) is 1. The molecule has 0 spiro atoms. The standard InChI is InChI=1S/C24H26F6N6O/c1-13(2)17-5-6-19(37-12-23(25,26)27)36-21(17)33-22(34-36)32-20-14-3-4-15(20)11-35(10-14)16-7-8-31-18(9-16)24(28,29)30/h5-9,13-15,20H,3-4,10-12H2,1-2H3,(H,32,34). The second kappa shape index (κ2) is 9.25. The van der Waals surface area contributed by atoms with Crippen LogP contribution in [0.15, 0.2) is 30.5 Å². The molecule has 1 N–H and O–H groups in total. The van der Waals surface area contributed by atoms with Crippen molar-refractivity contribution < 1.29 is 31.1 Å². The smallest absolute Gasteiger partial charge is 0.433 e. The van der Waals surface area contributed by atoms with Gasteiger partial charge < -0.3 is 15.0 Å². The minimum absolute atomic E-state index is 0.0142. The van der Waals surface area contributed by atoms with E-state index in [9.17, 15) is 26.3 Å². The molecule has 3 aromatic rings. The number of hydrogen-bond donors (Lipinski definition) is 1. The molecule has 1 aliphatic carbocycles. The van der Waals surface area contributed by atoms with Gasteiger partial charge >= 0.3 is 12.4 Å². The van der Waals surface area contributed by atoms with Crippen LogP contribution in [-0.4, -0.2) is 51.5 Å². The van der Waals surface area contributed by atoms with E-state index in [1.54, 1.807) is 12.1 Å². The molecule has 1 saturated carbocycles. The molecule has 0 aromatic carbocycles. The number of nitrogens with zero attached hydrogens (tertiary/aromatic N) is 5. The van der Waals surface area contributed by atoms with Crippen molar-refractivity contribution in [2.45, 2.75) is 51.0 Å². The number of fused-ring (bicyclic) bond motifs is 3. The van der Waals surface area contributed by atoms with E-state index < -0.39 is 24.7 Å². The Kier molecular flexibility index (Phi) is 6.35. The average Bonchev–Trinajstić information content (AvgIpc) is 3.33. The number of rotatable bonds is 6. The van der Waals surface area contributed by atoms with Crippen LogP contribution in [0, 0.1) is 11.8 Å². The van der Waals surface area contributed by atoms with E-state index in [0.717, 1.165) is 24.5 Å². The molecule has 0 amide bonds. The molecule has 4 heterocycles. The third kappa shape index (κ3) is 5.26. The predicted octanol–water partition coefficient (Wildman–Crippen LogP) is 5.53. The van der Waals surface area contributed by atoms with Crippen molar-refractivity contribution in [1.29, 1.82) is 0 Å². The van der Waals surface area contributed by atoms with Crippen LogP contribution in [0.2, 0.25) is 0 Å². The molecule has 7 nitrogen and oxygen atoms in total. The first-order valence-corrected chi connectivity index (χ1v) is 12.0. The van der Waals surface area contributed by atoms with Gasteiger partial charge in [-0.05, 0) is 54.4 Å². The van der Waals surface area contributed by atoms with Gasteiger partial charge in [0.2, 0.25) is 11.8 Å². The topological polar surface area (TPSA) is 67.6 Å². The predicted molar refractivity (Wildman–Crippen MR) is 124 cm³/mol. The molecule has 13 heteroatoms. The maximum atomic E-state index is 13.1. The van der Waals surface area contributed by atoms with Crippen LogP contribution >= 0.6 is 0 Å². The Morgan fingerprint density at radius 2 is 1.76 bits per heavy atom. The Bertz CT molecular complexity index is 1260. The van der Waals surface area contributed by atoms with Gasteiger partial charge in [0.25, 0.3) is 0 Å². The zero-order valence-corrected chi connectivity index (χ0v) is 20.1. The van der Waals surface area contributed by atoms with Gasteiger partial charge in [0.1, 0.15) is 5.69 Å². The van der Waals surface area contributed by atoms with Crippen LogP contribution in [0.5, 0.6) is 5.88 Å². The van der Waals surface area contributed by atoms with Gasteiger partial charge in [-0.15, -0.1) is 5.10 Å². The molecule has 2 fully saturated rings. The highest BCUT2D eigenvalue weighted by molar-refractivity contribution is 5.55. The molecular weight excluding hydrogens is 502 g/mol. The summed E-state index contributed by atoms with van der Waals surface area (Å²) in [4.78, 5) is 9.98. The summed E-state index contributed by atoms with van der Waals surface area (Å²) in [5, 5.41) is 7.78.